The second-order valence-electron chi connectivity index (χ2n) is 14.1. The van der Waals surface area contributed by atoms with Crippen LogP contribution in [0.1, 0.15) is 45.2 Å². The van der Waals surface area contributed by atoms with E-state index in [9.17, 15) is 14.7 Å². The molecule has 1 aromatic heterocycles. The van der Waals surface area contributed by atoms with Gasteiger partial charge in [0.2, 0.25) is 0 Å². The highest BCUT2D eigenvalue weighted by molar-refractivity contribution is 6.27. The summed E-state index contributed by atoms with van der Waals surface area (Å²) in [4.78, 5) is 28.7. The van der Waals surface area contributed by atoms with E-state index < -0.39 is 47.0 Å². The third-order valence-corrected chi connectivity index (χ3v) is 10.8. The molecule has 1 fully saturated rings. The van der Waals surface area contributed by atoms with Crippen LogP contribution < -0.4 is 11.2 Å². The fourth-order valence-corrected chi connectivity index (χ4v) is 8.14. The lowest BCUT2D eigenvalue weighted by Crippen LogP contribution is -2.47. The fourth-order valence-electron chi connectivity index (χ4n) is 8.01. The van der Waals surface area contributed by atoms with Crippen LogP contribution in [0.2, 0.25) is 0 Å². The van der Waals surface area contributed by atoms with E-state index >= 15 is 0 Å². The maximum Gasteiger partial charge on any atom is 0.330 e. The molecule has 290 valence electrons. The third-order valence-electron chi connectivity index (χ3n) is 10.7. The standard InChI is InChI=1S/C49H41ClN2O6/c50-32-31-35-33-52(47(55)51-45(35)54)46-43(53)44(58-49(39-25-13-4-14-26-39,40-27-15-5-16-28-40)41-29-17-6-18-30-41)42(57-46)34-56-48(36-19-7-1-8-20-36,37-21-9-2-10-22-37)38-23-11-3-12-24-38/h1-33,42-44,46,53H,34H2,(H,51,54,55)/t42-,43-,44-,46-/m1/s1. The number of hydrogen-bond acceptors (Lipinski definition) is 6. The molecule has 0 saturated carbocycles. The summed E-state index contributed by atoms with van der Waals surface area (Å²) in [6, 6.07) is 59.3. The number of aliphatic hydroxyl groups excluding tert-OH is 1. The van der Waals surface area contributed by atoms with Gasteiger partial charge in [-0.1, -0.05) is 194 Å². The van der Waals surface area contributed by atoms with E-state index in [1.54, 1.807) is 0 Å². The lowest BCUT2D eigenvalue weighted by atomic mass is 9.79. The Bertz CT molecular complexity index is 2360. The molecule has 8 rings (SSSR count). The smallest absolute Gasteiger partial charge is 0.330 e. The number of hydrogen-bond donors (Lipinski definition) is 2. The number of benzene rings is 6. The first-order chi connectivity index (χ1) is 28.5. The topological polar surface area (TPSA) is 103 Å². The van der Waals surface area contributed by atoms with Gasteiger partial charge < -0.3 is 19.3 Å². The number of aromatic nitrogens is 2. The van der Waals surface area contributed by atoms with Crippen LogP contribution in [-0.2, 0) is 25.4 Å². The van der Waals surface area contributed by atoms with Gasteiger partial charge in [0.25, 0.3) is 5.56 Å². The van der Waals surface area contributed by atoms with E-state index in [0.29, 0.717) is 0 Å². The molecule has 8 nitrogen and oxygen atoms in total. The molecule has 1 saturated heterocycles. The zero-order valence-corrected chi connectivity index (χ0v) is 32.1. The van der Waals surface area contributed by atoms with Crippen LogP contribution in [0, 0.1) is 0 Å². The Kier molecular flexibility index (Phi) is 11.5. The van der Waals surface area contributed by atoms with E-state index in [2.05, 4.69) is 4.98 Å². The van der Waals surface area contributed by atoms with Crippen LogP contribution in [0.15, 0.2) is 203 Å². The molecule has 2 heterocycles. The summed E-state index contributed by atoms with van der Waals surface area (Å²) < 4.78 is 22.7. The molecule has 9 heteroatoms. The van der Waals surface area contributed by atoms with Gasteiger partial charge in [-0.25, -0.2) is 4.79 Å². The van der Waals surface area contributed by atoms with E-state index in [0.717, 1.165) is 33.4 Å². The van der Waals surface area contributed by atoms with Crippen molar-refractivity contribution in [2.24, 2.45) is 0 Å². The highest BCUT2D eigenvalue weighted by atomic mass is 35.5. The molecule has 1 aliphatic heterocycles. The predicted molar refractivity (Wildman–Crippen MR) is 225 cm³/mol. The Morgan fingerprint density at radius 2 is 1.00 bits per heavy atom. The summed E-state index contributed by atoms with van der Waals surface area (Å²) in [7, 11) is 0. The van der Waals surface area contributed by atoms with Crippen LogP contribution in [0.25, 0.3) is 6.08 Å². The average molecular weight is 789 g/mol. The number of aliphatic hydroxyl groups is 1. The molecule has 0 bridgehead atoms. The van der Waals surface area contributed by atoms with Crippen molar-refractivity contribution < 1.29 is 19.3 Å². The Hall–Kier alpha value is -6.13. The summed E-state index contributed by atoms with van der Waals surface area (Å²) in [5, 5.41) is 12.6. The molecule has 4 atom stereocenters. The van der Waals surface area contributed by atoms with Crippen LogP contribution in [-0.4, -0.2) is 39.6 Å². The summed E-state index contributed by atoms with van der Waals surface area (Å²) >= 11 is 5.88. The van der Waals surface area contributed by atoms with Gasteiger partial charge in [0.1, 0.15) is 29.5 Å². The largest absolute Gasteiger partial charge is 0.386 e. The maximum atomic E-state index is 13.6. The first kappa shape index (κ1) is 38.7. The van der Waals surface area contributed by atoms with Gasteiger partial charge in [-0.05, 0) is 39.5 Å². The normalized spacial score (nSPS) is 18.4. The molecular weight excluding hydrogens is 748 g/mol. The molecule has 7 aromatic rings. The first-order valence-corrected chi connectivity index (χ1v) is 19.5. The van der Waals surface area contributed by atoms with Gasteiger partial charge >= 0.3 is 5.69 Å². The lowest BCUT2D eigenvalue weighted by Gasteiger charge is -2.41. The van der Waals surface area contributed by atoms with Crippen LogP contribution >= 0.6 is 11.6 Å². The average Bonchev–Trinajstić information content (AvgIpc) is 3.59. The van der Waals surface area contributed by atoms with Crippen molar-refractivity contribution in [3.63, 3.8) is 0 Å². The second-order valence-corrected chi connectivity index (χ2v) is 14.3. The third kappa shape index (κ3) is 7.28. The zero-order chi connectivity index (χ0) is 40.0. The van der Waals surface area contributed by atoms with Crippen LogP contribution in [0.3, 0.4) is 0 Å². The Balaban J connectivity index is 1.31. The quantitative estimate of drug-likeness (QED) is 0.114. The van der Waals surface area contributed by atoms with Crippen molar-refractivity contribution in [1.82, 2.24) is 9.55 Å². The van der Waals surface area contributed by atoms with Crippen LogP contribution in [0.4, 0.5) is 0 Å². The summed E-state index contributed by atoms with van der Waals surface area (Å²) in [5.74, 6) is 0. The molecule has 58 heavy (non-hydrogen) atoms. The molecule has 6 aromatic carbocycles. The summed E-state index contributed by atoms with van der Waals surface area (Å²) in [5.41, 5.74) is 2.53. The molecule has 2 N–H and O–H groups in total. The summed E-state index contributed by atoms with van der Waals surface area (Å²) in [6.07, 6.45) is -2.14. The number of rotatable bonds is 13. The minimum Gasteiger partial charge on any atom is -0.386 e. The zero-order valence-electron chi connectivity index (χ0n) is 31.4. The highest BCUT2D eigenvalue weighted by Crippen LogP contribution is 2.46. The number of aromatic amines is 1. The molecule has 0 amide bonds. The Morgan fingerprint density at radius 1 is 0.621 bits per heavy atom. The Morgan fingerprint density at radius 3 is 1.38 bits per heavy atom. The second kappa shape index (κ2) is 17.2. The van der Waals surface area contributed by atoms with E-state index in [-0.39, 0.29) is 12.2 Å². The van der Waals surface area contributed by atoms with Crippen molar-refractivity contribution in [2.75, 3.05) is 6.61 Å². The molecule has 0 aliphatic carbocycles. The number of H-pyrrole nitrogens is 1. The molecule has 0 spiro atoms. The van der Waals surface area contributed by atoms with Crippen molar-refractivity contribution >= 4 is 17.7 Å². The lowest BCUT2D eigenvalue weighted by molar-refractivity contribution is -0.131. The van der Waals surface area contributed by atoms with Crippen LogP contribution in [0.5, 0.6) is 0 Å². The van der Waals surface area contributed by atoms with Gasteiger partial charge in [-0.15, -0.1) is 0 Å². The first-order valence-electron chi connectivity index (χ1n) is 19.1. The summed E-state index contributed by atoms with van der Waals surface area (Å²) in [6.45, 7) is -0.0993. The van der Waals surface area contributed by atoms with E-state index in [4.69, 9.17) is 25.8 Å². The van der Waals surface area contributed by atoms with Gasteiger partial charge in [0.15, 0.2) is 6.23 Å². The SMILES string of the molecule is O=c1[nH]c(=O)n([C@@H]2O[C@H](COC(c3ccccc3)(c3ccccc3)c3ccccc3)[C@@H](OC(c3ccccc3)(c3ccccc3)c3ccccc3)[C@H]2O)cc1C=CCl. The minimum atomic E-state index is -1.44. The monoisotopic (exact) mass is 788 g/mol. The predicted octanol–water partition coefficient (Wildman–Crippen LogP) is 8.39. The number of nitrogens with zero attached hydrogens (tertiary/aromatic N) is 1. The van der Waals surface area contributed by atoms with E-state index in [1.807, 2.05) is 182 Å². The fraction of sp³-hybridized carbons (Fsp3) is 0.143. The number of ether oxygens (including phenoxy) is 3. The van der Waals surface area contributed by atoms with Gasteiger partial charge in [-0.3, -0.25) is 14.3 Å². The molecular formula is C49H41ClN2O6. The van der Waals surface area contributed by atoms with Crippen molar-refractivity contribution in [3.05, 3.63) is 254 Å². The highest BCUT2D eigenvalue weighted by Gasteiger charge is 2.52. The van der Waals surface area contributed by atoms with Gasteiger partial charge in [-0.2, -0.15) is 0 Å². The minimum absolute atomic E-state index is 0.0993. The number of nitrogens with one attached hydrogen (secondary N) is 1. The molecule has 0 radical (unpaired) electrons. The van der Waals surface area contributed by atoms with Gasteiger partial charge in [0, 0.05) is 11.7 Å². The number of halogens is 1. The van der Waals surface area contributed by atoms with Crippen molar-refractivity contribution in [2.45, 2.75) is 35.7 Å². The maximum absolute atomic E-state index is 13.6. The molecule has 0 unspecified atom stereocenters. The van der Waals surface area contributed by atoms with Crippen molar-refractivity contribution in [1.29, 1.82) is 0 Å². The van der Waals surface area contributed by atoms with Crippen molar-refractivity contribution in [3.8, 4) is 0 Å². The van der Waals surface area contributed by atoms with E-state index in [1.165, 1.54) is 22.4 Å². The van der Waals surface area contributed by atoms with Gasteiger partial charge in [0.05, 0.1) is 12.2 Å². The Labute approximate surface area is 341 Å². The molecule has 1 aliphatic rings.